The van der Waals surface area contributed by atoms with E-state index in [-0.39, 0.29) is 84.5 Å². The molecule has 0 aromatic heterocycles. The minimum absolute atomic E-state index is 0.0647. The number of nitrogens with one attached hydrogen (secondary N) is 3. The Morgan fingerprint density at radius 1 is 0.795 bits per heavy atom. The maximum atomic E-state index is 13.5. The lowest BCUT2D eigenvalue weighted by molar-refractivity contribution is -0.139. The molecule has 2 aromatic carbocycles. The van der Waals surface area contributed by atoms with Crippen LogP contribution in [0.1, 0.15) is 85.4 Å². The van der Waals surface area contributed by atoms with Gasteiger partial charge < -0.3 is 60.0 Å². The molecule has 4 unspecified atom stereocenters. The topological polar surface area (TPSA) is 368 Å². The lowest BCUT2D eigenvalue weighted by atomic mass is 9.89. The van der Waals surface area contributed by atoms with Gasteiger partial charge in [0.05, 0.1) is 98.9 Å². The molecule has 27 heteroatoms. The molecule has 2 aliphatic carbocycles. The number of carbonyl (C=O) groups is 5. The van der Waals surface area contributed by atoms with Gasteiger partial charge >= 0.3 is 18.0 Å². The number of ether oxygens (including phenoxy) is 5. The standard InChI is InChI=1S/C51H66IN5O19S2/c1-3-5-9-32-33(10-6-4-2)38(32)30-75-51(64)55-20-22-72-24-26-74-28-27-73-25-23-71-21-18-42(58)54-19-8-7-11-41(50(62)63)56-48(59)31-12-13-34(37(29-31)49(60)61)43-35-14-16-39(53)46(77(65,66)67)44(35)76-45-36(43)15-17-40(57-52)47(45)78(68,69)70/h3,12-17,29,32-33,38,41H,1,4-11,18-28,30,53H2,2H3,(H,54,58)(H,55,64)(H,56,59)(H,60,61)(H,62,63)(H,65,66,67)(H,68,69,70)/b57-40+. The number of rotatable bonds is 35. The monoisotopic (exact) mass is 1240 g/mol. The predicted molar refractivity (Wildman–Crippen MR) is 291 cm³/mol. The number of nitrogen functional groups attached to an aromatic ring is 1. The first-order chi connectivity index (χ1) is 37.2. The number of unbranched alkanes of at least 4 members (excludes halogenated alkanes) is 2. The molecule has 0 saturated heterocycles. The van der Waals surface area contributed by atoms with Gasteiger partial charge in [-0.2, -0.15) is 16.8 Å². The second kappa shape index (κ2) is 30.5. The van der Waals surface area contributed by atoms with Crippen molar-refractivity contribution in [1.29, 1.82) is 0 Å². The zero-order valence-corrected chi connectivity index (χ0v) is 46.7. The molecule has 428 valence electrons. The van der Waals surface area contributed by atoms with Crippen LogP contribution in [0.15, 0.2) is 72.5 Å². The van der Waals surface area contributed by atoms with E-state index in [4.69, 9.17) is 33.8 Å². The molecule has 24 nitrogen and oxygen atoms in total. The molecule has 1 heterocycles. The third-order valence-electron chi connectivity index (χ3n) is 12.8. The highest BCUT2D eigenvalue weighted by atomic mass is 127. The van der Waals surface area contributed by atoms with Crippen LogP contribution in [0.4, 0.5) is 10.5 Å². The van der Waals surface area contributed by atoms with E-state index in [0.717, 1.165) is 43.5 Å². The summed E-state index contributed by atoms with van der Waals surface area (Å²) in [5, 5.41) is 27.6. The maximum Gasteiger partial charge on any atom is 0.407 e. The normalized spacial score (nSPS) is 15.9. The SMILES string of the molecule is C=CCCC1C(CCCC)C1COC(=O)NCCOCCOCCOCCOCCC(=O)NCCCCC(NC(=O)c1ccc(-c2c3cc/c(=N\I)c(S(=O)(=O)O)c-3oc3c(S(=O)(=O)O)c(N)ccc23)c(C(=O)O)c1)C(=O)O. The van der Waals surface area contributed by atoms with Gasteiger partial charge in [-0.25, -0.2) is 17.6 Å². The van der Waals surface area contributed by atoms with Crippen molar-refractivity contribution in [3.63, 3.8) is 0 Å². The van der Waals surface area contributed by atoms with Gasteiger partial charge in [0.1, 0.15) is 6.04 Å². The van der Waals surface area contributed by atoms with Crippen molar-refractivity contribution in [2.75, 3.05) is 78.3 Å². The number of nitrogens with zero attached hydrogens (tertiary/aromatic N) is 1. The number of aromatic carboxylic acids is 1. The molecule has 2 aromatic rings. The number of benzene rings is 3. The van der Waals surface area contributed by atoms with Crippen LogP contribution in [-0.2, 0) is 53.5 Å². The van der Waals surface area contributed by atoms with Crippen molar-refractivity contribution >= 4 is 89.6 Å². The van der Waals surface area contributed by atoms with Crippen LogP contribution in [0.2, 0.25) is 0 Å². The van der Waals surface area contributed by atoms with Crippen LogP contribution in [-0.4, -0.2) is 145 Å². The number of amides is 3. The minimum atomic E-state index is -5.20. The second-order valence-electron chi connectivity index (χ2n) is 18.2. The van der Waals surface area contributed by atoms with E-state index in [1.54, 1.807) is 0 Å². The van der Waals surface area contributed by atoms with Crippen LogP contribution in [0, 0.1) is 17.8 Å². The fourth-order valence-electron chi connectivity index (χ4n) is 8.97. The van der Waals surface area contributed by atoms with E-state index in [1.807, 2.05) is 6.08 Å². The summed E-state index contributed by atoms with van der Waals surface area (Å²) in [6.07, 6.45) is 7.68. The average molecular weight is 1240 g/mol. The van der Waals surface area contributed by atoms with Gasteiger partial charge in [0, 0.05) is 41.6 Å². The Bertz CT molecular complexity index is 3030. The third kappa shape index (κ3) is 18.1. The van der Waals surface area contributed by atoms with Gasteiger partial charge in [0.25, 0.3) is 26.1 Å². The van der Waals surface area contributed by atoms with Crippen molar-refractivity contribution in [2.24, 2.45) is 21.0 Å². The van der Waals surface area contributed by atoms with Crippen molar-refractivity contribution in [3.05, 3.63) is 71.6 Å². The molecule has 5 rings (SSSR count). The zero-order chi connectivity index (χ0) is 57.0. The number of anilines is 1. The Balaban J connectivity index is 0.990. The van der Waals surface area contributed by atoms with Crippen molar-refractivity contribution in [2.45, 2.75) is 80.5 Å². The van der Waals surface area contributed by atoms with Gasteiger partial charge in [-0.1, -0.05) is 31.9 Å². The number of hydrogen-bond donors (Lipinski definition) is 8. The molecule has 3 amide bonds. The largest absolute Gasteiger partial charge is 0.480 e. The van der Waals surface area contributed by atoms with E-state index in [1.165, 1.54) is 53.9 Å². The first-order valence-electron chi connectivity index (χ1n) is 25.2. The summed E-state index contributed by atoms with van der Waals surface area (Å²) in [5.74, 6) is -3.30. The molecule has 3 aliphatic rings. The van der Waals surface area contributed by atoms with Crippen LogP contribution in [0.5, 0.6) is 0 Å². The fraction of sp³-hybridized carbons (Fsp3) is 0.490. The van der Waals surface area contributed by atoms with Crippen molar-refractivity contribution in [1.82, 2.24) is 16.0 Å². The quantitative estimate of drug-likeness (QED) is 0.00663. The number of alkyl carbamates (subject to hydrolysis) is 1. The molecule has 1 saturated carbocycles. The number of fused-ring (bicyclic) bond motifs is 2. The van der Waals surface area contributed by atoms with E-state index < -0.39 is 82.6 Å². The summed E-state index contributed by atoms with van der Waals surface area (Å²) in [4.78, 5) is 61.1. The smallest absolute Gasteiger partial charge is 0.407 e. The van der Waals surface area contributed by atoms with Crippen LogP contribution in [0.3, 0.4) is 0 Å². The van der Waals surface area contributed by atoms with E-state index >= 15 is 0 Å². The number of carboxylic acid groups (broad SMARTS) is 2. The van der Waals surface area contributed by atoms with Gasteiger partial charge in [-0.15, -0.1) is 6.58 Å². The summed E-state index contributed by atoms with van der Waals surface area (Å²) >= 11 is 1.45. The Morgan fingerprint density at radius 2 is 1.44 bits per heavy atom. The Morgan fingerprint density at radius 3 is 2.05 bits per heavy atom. The van der Waals surface area contributed by atoms with Crippen LogP contribution >= 0.6 is 22.9 Å². The molecule has 0 spiro atoms. The number of nitrogens with two attached hydrogens (primary N) is 1. The summed E-state index contributed by atoms with van der Waals surface area (Å²) in [6, 6.07) is 6.55. The van der Waals surface area contributed by atoms with Gasteiger partial charge in [-0.3, -0.25) is 18.7 Å². The Kier molecular flexibility index (Phi) is 24.7. The van der Waals surface area contributed by atoms with Gasteiger partial charge in [0.15, 0.2) is 21.1 Å². The lowest BCUT2D eigenvalue weighted by Crippen LogP contribution is -2.41. The number of hydrogen-bond acceptors (Lipinski definition) is 17. The van der Waals surface area contributed by atoms with E-state index in [2.05, 4.69) is 32.7 Å². The highest BCUT2D eigenvalue weighted by Crippen LogP contribution is 2.52. The summed E-state index contributed by atoms with van der Waals surface area (Å²) in [6.45, 7) is 9.30. The maximum absolute atomic E-state index is 13.5. The molecule has 9 N–H and O–H groups in total. The second-order valence-corrected chi connectivity index (χ2v) is 21.4. The molecule has 4 atom stereocenters. The fourth-order valence-corrected chi connectivity index (χ4v) is 11.0. The number of allylic oxidation sites excluding steroid dienone is 1. The summed E-state index contributed by atoms with van der Waals surface area (Å²) < 4.78 is 108. The minimum Gasteiger partial charge on any atom is -0.480 e. The first kappa shape index (κ1) is 63.0. The zero-order valence-electron chi connectivity index (χ0n) is 42.9. The predicted octanol–water partition coefficient (Wildman–Crippen LogP) is 5.90. The Hall–Kier alpha value is -5.79. The number of carboxylic acids is 2. The highest BCUT2D eigenvalue weighted by Gasteiger charge is 2.48. The number of carbonyl (C=O) groups excluding carboxylic acids is 3. The number of halogens is 1. The summed E-state index contributed by atoms with van der Waals surface area (Å²) in [7, 11) is -10.4. The molecule has 0 bridgehead atoms. The molecule has 1 fully saturated rings. The number of aliphatic carboxylic acids is 1. The molecule has 0 radical (unpaired) electrons. The Labute approximate surface area is 465 Å². The van der Waals surface area contributed by atoms with Gasteiger partial charge in [0.2, 0.25) is 5.91 Å². The molecule has 1 aliphatic heterocycles. The molecular formula is C51H66IN5O19S2. The molecule has 78 heavy (non-hydrogen) atoms. The summed E-state index contributed by atoms with van der Waals surface area (Å²) in [5.41, 5.74) is 3.22. The van der Waals surface area contributed by atoms with Crippen molar-refractivity contribution in [3.8, 4) is 22.5 Å². The third-order valence-corrected chi connectivity index (χ3v) is 15.2. The van der Waals surface area contributed by atoms with E-state index in [0.29, 0.717) is 70.4 Å². The van der Waals surface area contributed by atoms with E-state index in [9.17, 15) is 60.1 Å². The average Bonchev–Trinajstić information content (AvgIpc) is 4.12. The van der Waals surface area contributed by atoms with Crippen LogP contribution in [0.25, 0.3) is 33.4 Å². The highest BCUT2D eigenvalue weighted by molar-refractivity contribution is 14.1. The first-order valence-corrected chi connectivity index (χ1v) is 29.0. The molecular weight excluding hydrogens is 1180 g/mol. The van der Waals surface area contributed by atoms with Crippen LogP contribution < -0.4 is 27.0 Å². The van der Waals surface area contributed by atoms with Gasteiger partial charge in [-0.05, 0) is 98.2 Å². The van der Waals surface area contributed by atoms with Crippen molar-refractivity contribution < 1.29 is 88.2 Å². The lowest BCUT2D eigenvalue weighted by Gasteiger charge is -2.20.